The number of anilines is 1. The van der Waals surface area contributed by atoms with Crippen LogP contribution >= 0.6 is 34.8 Å². The molecular weight excluding hydrogens is 411 g/mol. The zero-order valence-corrected chi connectivity index (χ0v) is 17.0. The van der Waals surface area contributed by atoms with E-state index in [0.717, 1.165) is 34.5 Å². The highest BCUT2D eigenvalue weighted by molar-refractivity contribution is 6.36. The Bertz CT molecular complexity index is 1010. The Hall–Kier alpha value is -2.02. The number of aryl methyl sites for hydroxylation is 2. The lowest BCUT2D eigenvalue weighted by molar-refractivity contribution is 0.392. The van der Waals surface area contributed by atoms with Gasteiger partial charge in [-0.3, -0.25) is 4.79 Å². The maximum absolute atomic E-state index is 12.6. The van der Waals surface area contributed by atoms with Gasteiger partial charge in [-0.25, -0.2) is 0 Å². The topological polar surface area (TPSA) is 73.0 Å². The van der Waals surface area contributed by atoms with Crippen LogP contribution in [0.1, 0.15) is 23.4 Å². The summed E-state index contributed by atoms with van der Waals surface area (Å²) >= 11 is 18.3. The summed E-state index contributed by atoms with van der Waals surface area (Å²) in [6, 6.07) is 4.79. The van der Waals surface area contributed by atoms with Crippen LogP contribution in [0.4, 0.5) is 5.69 Å². The molecule has 0 aliphatic rings. The first-order valence-electron chi connectivity index (χ1n) is 8.27. The maximum atomic E-state index is 12.6. The first-order valence-corrected chi connectivity index (χ1v) is 9.40. The smallest absolute Gasteiger partial charge is 0.292 e. The van der Waals surface area contributed by atoms with Gasteiger partial charge in [0.2, 0.25) is 0 Å². The van der Waals surface area contributed by atoms with Gasteiger partial charge in [0, 0.05) is 17.1 Å². The predicted octanol–water partition coefficient (Wildman–Crippen LogP) is 4.84. The highest BCUT2D eigenvalue weighted by atomic mass is 35.5. The Morgan fingerprint density at radius 1 is 1.22 bits per heavy atom. The monoisotopic (exact) mass is 426 g/mol. The Kier molecular flexibility index (Phi) is 6.09. The summed E-state index contributed by atoms with van der Waals surface area (Å²) in [6.07, 6.45) is 3.15. The maximum Gasteiger partial charge on any atom is 0.292 e. The van der Waals surface area contributed by atoms with Gasteiger partial charge in [0.25, 0.3) is 5.56 Å². The molecular formula is C18H17Cl3N4O2. The molecule has 9 heteroatoms. The van der Waals surface area contributed by atoms with Gasteiger partial charge in [-0.1, -0.05) is 40.0 Å². The fraction of sp³-hybridized carbons (Fsp3) is 0.278. The van der Waals surface area contributed by atoms with E-state index in [1.165, 1.54) is 6.20 Å². The predicted molar refractivity (Wildman–Crippen MR) is 108 cm³/mol. The molecule has 0 aliphatic carbocycles. The van der Waals surface area contributed by atoms with Gasteiger partial charge in [0.1, 0.15) is 10.8 Å². The Labute approximate surface area is 171 Å². The highest BCUT2D eigenvalue weighted by Crippen LogP contribution is 2.24. The van der Waals surface area contributed by atoms with Gasteiger partial charge < -0.3 is 9.84 Å². The van der Waals surface area contributed by atoms with Gasteiger partial charge in [0.15, 0.2) is 0 Å². The van der Waals surface area contributed by atoms with Crippen LogP contribution in [0, 0.1) is 13.8 Å². The molecule has 0 aliphatic heterocycles. The summed E-state index contributed by atoms with van der Waals surface area (Å²) in [5, 5.41) is 12.1. The van der Waals surface area contributed by atoms with Crippen molar-refractivity contribution in [1.29, 1.82) is 0 Å². The van der Waals surface area contributed by atoms with E-state index < -0.39 is 5.56 Å². The standard InChI is InChI=1S/C18H17Cl3N4O2/c1-10-13(11(2)27-24-10)4-3-7-22-15-9-23-25(18(26)17(15)21)16-6-5-12(19)8-14(16)20/h5-6,8-9,22H,3-4,7H2,1-2H3. The average Bonchev–Trinajstić information content (AvgIpc) is 2.94. The summed E-state index contributed by atoms with van der Waals surface area (Å²) < 4.78 is 6.30. The third kappa shape index (κ3) is 4.29. The minimum atomic E-state index is -0.461. The molecule has 0 amide bonds. The van der Waals surface area contributed by atoms with E-state index in [9.17, 15) is 4.79 Å². The SMILES string of the molecule is Cc1noc(C)c1CCCNc1cnn(-c2ccc(Cl)cc2Cl)c(=O)c1Cl. The zero-order chi connectivity index (χ0) is 19.6. The van der Waals surface area contributed by atoms with Crippen LogP contribution in [0.2, 0.25) is 15.1 Å². The molecule has 142 valence electrons. The van der Waals surface area contributed by atoms with Crippen LogP contribution in [0.15, 0.2) is 33.7 Å². The van der Waals surface area contributed by atoms with Crippen molar-refractivity contribution >= 4 is 40.5 Å². The van der Waals surface area contributed by atoms with Crippen molar-refractivity contribution in [2.45, 2.75) is 26.7 Å². The van der Waals surface area contributed by atoms with Crippen LogP contribution in [-0.4, -0.2) is 21.5 Å². The van der Waals surface area contributed by atoms with Crippen LogP contribution < -0.4 is 10.9 Å². The molecule has 0 unspecified atom stereocenters. The van der Waals surface area contributed by atoms with Crippen LogP contribution in [0.25, 0.3) is 5.69 Å². The number of hydrogen-bond acceptors (Lipinski definition) is 5. The van der Waals surface area contributed by atoms with Crippen molar-refractivity contribution in [2.75, 3.05) is 11.9 Å². The number of halogens is 3. The number of nitrogens with one attached hydrogen (secondary N) is 1. The molecule has 1 N–H and O–H groups in total. The summed E-state index contributed by atoms with van der Waals surface area (Å²) in [7, 11) is 0. The van der Waals surface area contributed by atoms with Crippen molar-refractivity contribution in [3.8, 4) is 5.69 Å². The van der Waals surface area contributed by atoms with Gasteiger partial charge in [0.05, 0.1) is 28.3 Å². The summed E-state index contributed by atoms with van der Waals surface area (Å²) in [5.74, 6) is 0.828. The Morgan fingerprint density at radius 2 is 2.00 bits per heavy atom. The quantitative estimate of drug-likeness (QED) is 0.570. The van der Waals surface area contributed by atoms with Crippen LogP contribution in [-0.2, 0) is 6.42 Å². The molecule has 3 rings (SSSR count). The number of rotatable bonds is 6. The molecule has 1 aromatic carbocycles. The summed E-state index contributed by atoms with van der Waals surface area (Å²) in [4.78, 5) is 12.6. The van der Waals surface area contributed by atoms with Gasteiger partial charge in [-0.05, 0) is 44.9 Å². The molecule has 0 saturated heterocycles. The van der Waals surface area contributed by atoms with E-state index >= 15 is 0 Å². The molecule has 0 spiro atoms. The van der Waals surface area contributed by atoms with E-state index in [1.54, 1.807) is 18.2 Å². The normalized spacial score (nSPS) is 11.0. The minimum Gasteiger partial charge on any atom is -0.382 e. The zero-order valence-electron chi connectivity index (χ0n) is 14.7. The molecule has 27 heavy (non-hydrogen) atoms. The van der Waals surface area contributed by atoms with E-state index in [2.05, 4.69) is 15.6 Å². The first kappa shape index (κ1) is 19.7. The molecule has 0 atom stereocenters. The Morgan fingerprint density at radius 3 is 2.67 bits per heavy atom. The van der Waals surface area contributed by atoms with Crippen molar-refractivity contribution in [3.05, 3.63) is 66.8 Å². The molecule has 0 radical (unpaired) electrons. The lowest BCUT2D eigenvalue weighted by atomic mass is 10.1. The summed E-state index contributed by atoms with van der Waals surface area (Å²) in [5.41, 5.74) is 2.43. The molecule has 0 fully saturated rings. The molecule has 2 heterocycles. The molecule has 3 aromatic rings. The first-order chi connectivity index (χ1) is 12.9. The third-order valence-electron chi connectivity index (χ3n) is 4.16. The van der Waals surface area contributed by atoms with Crippen LogP contribution in [0.3, 0.4) is 0 Å². The lowest BCUT2D eigenvalue weighted by Crippen LogP contribution is -2.23. The second-order valence-electron chi connectivity index (χ2n) is 6.02. The van der Waals surface area contributed by atoms with E-state index in [1.807, 2.05) is 13.8 Å². The highest BCUT2D eigenvalue weighted by Gasteiger charge is 2.13. The van der Waals surface area contributed by atoms with E-state index in [-0.39, 0.29) is 5.02 Å². The largest absolute Gasteiger partial charge is 0.382 e. The average molecular weight is 428 g/mol. The third-order valence-corrected chi connectivity index (χ3v) is 5.06. The van der Waals surface area contributed by atoms with Gasteiger partial charge in [-0.15, -0.1) is 0 Å². The fourth-order valence-electron chi connectivity index (χ4n) is 2.73. The van der Waals surface area contributed by atoms with E-state index in [4.69, 9.17) is 39.3 Å². The number of benzene rings is 1. The van der Waals surface area contributed by atoms with Crippen molar-refractivity contribution < 1.29 is 4.52 Å². The van der Waals surface area contributed by atoms with Crippen molar-refractivity contribution in [3.63, 3.8) is 0 Å². The molecule has 0 bridgehead atoms. The second-order valence-corrected chi connectivity index (χ2v) is 7.24. The van der Waals surface area contributed by atoms with Crippen molar-refractivity contribution in [1.82, 2.24) is 14.9 Å². The second kappa shape index (κ2) is 8.33. The van der Waals surface area contributed by atoms with Gasteiger partial charge >= 0.3 is 0 Å². The lowest BCUT2D eigenvalue weighted by Gasteiger charge is -2.11. The summed E-state index contributed by atoms with van der Waals surface area (Å²) in [6.45, 7) is 4.43. The van der Waals surface area contributed by atoms with E-state index in [0.29, 0.717) is 28.0 Å². The van der Waals surface area contributed by atoms with Gasteiger partial charge in [-0.2, -0.15) is 9.78 Å². The molecule has 2 aromatic heterocycles. The number of aromatic nitrogens is 3. The Balaban J connectivity index is 1.71. The molecule has 0 saturated carbocycles. The molecule has 6 nitrogen and oxygen atoms in total. The number of nitrogens with zero attached hydrogens (tertiary/aromatic N) is 3. The number of hydrogen-bond donors (Lipinski definition) is 1. The van der Waals surface area contributed by atoms with Crippen molar-refractivity contribution in [2.24, 2.45) is 0 Å². The minimum absolute atomic E-state index is 0.0494. The fourth-order valence-corrected chi connectivity index (χ4v) is 3.41. The van der Waals surface area contributed by atoms with Crippen LogP contribution in [0.5, 0.6) is 0 Å².